The van der Waals surface area contributed by atoms with Crippen molar-refractivity contribution in [1.29, 1.82) is 0 Å². The third-order valence-corrected chi connectivity index (χ3v) is 6.30. The van der Waals surface area contributed by atoms with Gasteiger partial charge in [-0.15, -0.1) is 0 Å². The normalized spacial score (nSPS) is 12.3. The number of ether oxygens (including phenoxy) is 1. The van der Waals surface area contributed by atoms with Gasteiger partial charge in [-0.3, -0.25) is 9.10 Å². The fourth-order valence-electron chi connectivity index (χ4n) is 2.53. The minimum Gasteiger partial charge on any atom is -0.497 e. The average Bonchev–Trinajstić information content (AvgIpc) is 2.67. The molecule has 7 heteroatoms. The molecule has 27 heavy (non-hydrogen) atoms. The largest absolute Gasteiger partial charge is 0.497 e. The average molecular weight is 391 g/mol. The van der Waals surface area contributed by atoms with E-state index >= 15 is 0 Å². The maximum absolute atomic E-state index is 13.0. The van der Waals surface area contributed by atoms with Crippen molar-refractivity contribution in [2.75, 3.05) is 18.5 Å². The zero-order valence-electron chi connectivity index (χ0n) is 16.3. The zero-order valence-corrected chi connectivity index (χ0v) is 17.1. The first-order valence-corrected chi connectivity index (χ1v) is 10.2. The maximum Gasteiger partial charge on any atom is 0.264 e. The molecular weight excluding hydrogens is 364 g/mol. The van der Waals surface area contributed by atoms with Gasteiger partial charge in [-0.1, -0.05) is 13.0 Å². The van der Waals surface area contributed by atoms with Gasteiger partial charge in [0, 0.05) is 18.7 Å². The van der Waals surface area contributed by atoms with Gasteiger partial charge in [0.1, 0.15) is 5.75 Å². The van der Waals surface area contributed by atoms with Crippen LogP contribution in [-0.2, 0) is 10.0 Å². The predicted octanol–water partition coefficient (Wildman–Crippen LogP) is 3.36. The summed E-state index contributed by atoms with van der Waals surface area (Å²) in [5, 5.41) is 2.89. The molecule has 146 valence electrons. The van der Waals surface area contributed by atoms with Crippen LogP contribution in [0.25, 0.3) is 0 Å². The SMILES string of the molecule is CC[C@@H](C)NC(=O)c1ccc(C)c(N(C)S(=O)(=O)c2ccc(OC)cc2)c1. The molecule has 6 nitrogen and oxygen atoms in total. The number of anilines is 1. The summed E-state index contributed by atoms with van der Waals surface area (Å²) in [6, 6.07) is 11.3. The zero-order chi connectivity index (χ0) is 20.2. The molecule has 0 aliphatic rings. The van der Waals surface area contributed by atoms with E-state index in [9.17, 15) is 13.2 Å². The standard InChI is InChI=1S/C20H26N2O4S/c1-6-15(3)21-20(23)16-8-7-14(2)19(13-16)22(4)27(24,25)18-11-9-17(26-5)10-12-18/h7-13,15H,6H2,1-5H3,(H,21,23)/t15-/m1/s1. The van der Waals surface area contributed by atoms with Crippen molar-refractivity contribution in [3.8, 4) is 5.75 Å². The monoisotopic (exact) mass is 390 g/mol. The number of sulfonamides is 1. The number of nitrogens with one attached hydrogen (secondary N) is 1. The number of hydrogen-bond acceptors (Lipinski definition) is 4. The number of hydrogen-bond donors (Lipinski definition) is 1. The van der Waals surface area contributed by atoms with Crippen molar-refractivity contribution in [1.82, 2.24) is 5.32 Å². The summed E-state index contributed by atoms with van der Waals surface area (Å²) in [5.41, 5.74) is 1.64. The van der Waals surface area contributed by atoms with Gasteiger partial charge < -0.3 is 10.1 Å². The smallest absolute Gasteiger partial charge is 0.264 e. The molecule has 1 amide bonds. The maximum atomic E-state index is 13.0. The van der Waals surface area contributed by atoms with Gasteiger partial charge in [0.05, 0.1) is 17.7 Å². The van der Waals surface area contributed by atoms with E-state index in [0.717, 1.165) is 12.0 Å². The Balaban J connectivity index is 2.37. The number of amides is 1. The Morgan fingerprint density at radius 1 is 1.19 bits per heavy atom. The van der Waals surface area contributed by atoms with Crippen LogP contribution in [0.5, 0.6) is 5.75 Å². The van der Waals surface area contributed by atoms with Crippen molar-refractivity contribution in [2.24, 2.45) is 0 Å². The number of benzene rings is 2. The highest BCUT2D eigenvalue weighted by Gasteiger charge is 2.23. The van der Waals surface area contributed by atoms with Crippen molar-refractivity contribution >= 4 is 21.6 Å². The minimum absolute atomic E-state index is 0.0445. The summed E-state index contributed by atoms with van der Waals surface area (Å²) in [7, 11) is -0.756. The predicted molar refractivity (Wildman–Crippen MR) is 107 cm³/mol. The number of methoxy groups -OCH3 is 1. The molecule has 0 fully saturated rings. The van der Waals surface area contributed by atoms with Crippen LogP contribution in [-0.4, -0.2) is 34.5 Å². The first-order chi connectivity index (χ1) is 12.7. The van der Waals surface area contributed by atoms with Gasteiger partial charge in [0.2, 0.25) is 0 Å². The topological polar surface area (TPSA) is 75.7 Å². The van der Waals surface area contributed by atoms with Crippen molar-refractivity contribution < 1.29 is 17.9 Å². The van der Waals surface area contributed by atoms with Crippen LogP contribution in [0.3, 0.4) is 0 Å². The second-order valence-electron chi connectivity index (χ2n) is 6.43. The summed E-state index contributed by atoms with van der Waals surface area (Å²) in [4.78, 5) is 12.5. The molecular formula is C20H26N2O4S. The molecule has 0 heterocycles. The molecule has 1 N–H and O–H groups in total. The van der Waals surface area contributed by atoms with E-state index in [0.29, 0.717) is 17.0 Å². The van der Waals surface area contributed by atoms with E-state index in [-0.39, 0.29) is 16.8 Å². The number of rotatable bonds is 7. The molecule has 2 aromatic carbocycles. The summed E-state index contributed by atoms with van der Waals surface area (Å²) in [5.74, 6) is 0.359. The first kappa shape index (κ1) is 20.8. The van der Waals surface area contributed by atoms with Gasteiger partial charge in [-0.2, -0.15) is 0 Å². The minimum atomic E-state index is -3.76. The molecule has 0 bridgehead atoms. The number of carbonyl (C=O) groups excluding carboxylic acids is 1. The quantitative estimate of drug-likeness (QED) is 0.787. The highest BCUT2D eigenvalue weighted by atomic mass is 32.2. The fraction of sp³-hybridized carbons (Fsp3) is 0.350. The van der Waals surface area contributed by atoms with E-state index < -0.39 is 10.0 Å². The molecule has 0 aliphatic heterocycles. The van der Waals surface area contributed by atoms with E-state index in [1.54, 1.807) is 30.3 Å². The van der Waals surface area contributed by atoms with Gasteiger partial charge in [-0.25, -0.2) is 8.42 Å². The van der Waals surface area contributed by atoms with Gasteiger partial charge >= 0.3 is 0 Å². The van der Waals surface area contributed by atoms with E-state index in [2.05, 4.69) is 5.32 Å². The number of aryl methyl sites for hydroxylation is 1. The Hall–Kier alpha value is -2.54. The van der Waals surface area contributed by atoms with Crippen molar-refractivity contribution in [3.05, 3.63) is 53.6 Å². The fourth-order valence-corrected chi connectivity index (χ4v) is 3.79. The lowest BCUT2D eigenvalue weighted by atomic mass is 10.1. The molecule has 0 spiro atoms. The molecule has 0 radical (unpaired) electrons. The lowest BCUT2D eigenvalue weighted by Gasteiger charge is -2.22. The highest BCUT2D eigenvalue weighted by Crippen LogP contribution is 2.27. The highest BCUT2D eigenvalue weighted by molar-refractivity contribution is 7.92. The van der Waals surface area contributed by atoms with Gasteiger partial charge in [0.25, 0.3) is 15.9 Å². The molecule has 2 rings (SSSR count). The van der Waals surface area contributed by atoms with Gasteiger partial charge in [0.15, 0.2) is 0 Å². The van der Waals surface area contributed by atoms with Crippen molar-refractivity contribution in [2.45, 2.75) is 38.1 Å². The molecule has 0 saturated carbocycles. The molecule has 0 saturated heterocycles. The van der Waals surface area contributed by atoms with Crippen LogP contribution >= 0.6 is 0 Å². The molecule has 2 aromatic rings. The summed E-state index contributed by atoms with van der Waals surface area (Å²) < 4.78 is 32.2. The van der Waals surface area contributed by atoms with Crippen LogP contribution < -0.4 is 14.4 Å². The lowest BCUT2D eigenvalue weighted by molar-refractivity contribution is 0.0939. The van der Waals surface area contributed by atoms with Crippen LogP contribution in [0, 0.1) is 6.92 Å². The van der Waals surface area contributed by atoms with Crippen LogP contribution in [0.15, 0.2) is 47.4 Å². The molecule has 0 aliphatic carbocycles. The van der Waals surface area contributed by atoms with E-state index in [4.69, 9.17) is 4.74 Å². The number of carbonyl (C=O) groups is 1. The summed E-state index contributed by atoms with van der Waals surface area (Å²) >= 11 is 0. The lowest BCUT2D eigenvalue weighted by Crippen LogP contribution is -2.32. The Bertz CT molecular complexity index is 908. The van der Waals surface area contributed by atoms with Crippen LogP contribution in [0.1, 0.15) is 36.2 Å². The second kappa shape index (κ2) is 8.43. The summed E-state index contributed by atoms with van der Waals surface area (Å²) in [6.07, 6.45) is 0.816. The Morgan fingerprint density at radius 3 is 2.37 bits per heavy atom. The van der Waals surface area contributed by atoms with Crippen molar-refractivity contribution in [3.63, 3.8) is 0 Å². The first-order valence-electron chi connectivity index (χ1n) is 8.75. The third-order valence-electron chi connectivity index (χ3n) is 4.52. The Kier molecular flexibility index (Phi) is 6.49. The Morgan fingerprint density at radius 2 is 1.81 bits per heavy atom. The number of nitrogens with zero attached hydrogens (tertiary/aromatic N) is 1. The van der Waals surface area contributed by atoms with E-state index in [1.165, 1.54) is 30.6 Å². The molecule has 0 unspecified atom stereocenters. The summed E-state index contributed by atoms with van der Waals surface area (Å²) in [6.45, 7) is 5.72. The van der Waals surface area contributed by atoms with Crippen LogP contribution in [0.4, 0.5) is 5.69 Å². The molecule has 1 atom stereocenters. The third kappa shape index (κ3) is 4.60. The Labute approximate surface area is 161 Å². The molecule has 0 aromatic heterocycles. The van der Waals surface area contributed by atoms with Crippen LogP contribution in [0.2, 0.25) is 0 Å². The van der Waals surface area contributed by atoms with E-state index in [1.807, 2.05) is 20.8 Å². The second-order valence-corrected chi connectivity index (χ2v) is 8.40. The van der Waals surface area contributed by atoms with Gasteiger partial charge in [-0.05, 0) is 62.2 Å².